The maximum Gasteiger partial charge on any atom is 0.212 e. The smallest absolute Gasteiger partial charge is 0.212 e. The molecule has 1 saturated carbocycles. The summed E-state index contributed by atoms with van der Waals surface area (Å²) in [4.78, 5) is 0.920. The molecule has 1 aliphatic carbocycles. The molecule has 118 valence electrons. The van der Waals surface area contributed by atoms with Gasteiger partial charge in [0.1, 0.15) is 0 Å². The largest absolute Gasteiger partial charge is 0.398 e. The summed E-state index contributed by atoms with van der Waals surface area (Å²) in [5.41, 5.74) is 6.52. The van der Waals surface area contributed by atoms with E-state index in [-0.39, 0.29) is 17.9 Å². The topological polar surface area (TPSA) is 81.4 Å². The van der Waals surface area contributed by atoms with Crippen LogP contribution in [0.15, 0.2) is 29.2 Å². The number of methoxy groups -OCH3 is 1. The highest BCUT2D eigenvalue weighted by molar-refractivity contribution is 8.00. The molecule has 0 heterocycles. The van der Waals surface area contributed by atoms with Crippen molar-refractivity contribution in [1.29, 1.82) is 0 Å². The lowest BCUT2D eigenvalue weighted by Gasteiger charge is -2.19. The lowest BCUT2D eigenvalue weighted by Crippen LogP contribution is -2.42. The third-order valence-corrected chi connectivity index (χ3v) is 6.37. The molecule has 2 rings (SSSR count). The van der Waals surface area contributed by atoms with Crippen molar-refractivity contribution in [2.45, 2.75) is 36.3 Å². The molecule has 21 heavy (non-hydrogen) atoms. The third-order valence-electron chi connectivity index (χ3n) is 3.61. The number of nitrogens with one attached hydrogen (secondary N) is 1. The molecule has 7 heteroatoms. The fraction of sp³-hybridized carbons (Fsp3) is 0.571. The maximum atomic E-state index is 12.1. The maximum absolute atomic E-state index is 12.1. The van der Waals surface area contributed by atoms with Gasteiger partial charge in [0.15, 0.2) is 0 Å². The zero-order valence-electron chi connectivity index (χ0n) is 12.1. The van der Waals surface area contributed by atoms with Crippen molar-refractivity contribution in [2.24, 2.45) is 0 Å². The van der Waals surface area contributed by atoms with Crippen molar-refractivity contribution in [3.8, 4) is 0 Å². The van der Waals surface area contributed by atoms with Crippen LogP contribution in [0.2, 0.25) is 0 Å². The predicted molar refractivity (Wildman–Crippen MR) is 86.9 cm³/mol. The van der Waals surface area contributed by atoms with E-state index in [2.05, 4.69) is 4.72 Å². The molecular weight excluding hydrogens is 308 g/mol. The van der Waals surface area contributed by atoms with Crippen molar-refractivity contribution < 1.29 is 13.2 Å². The van der Waals surface area contributed by atoms with Gasteiger partial charge in [-0.3, -0.25) is 0 Å². The van der Waals surface area contributed by atoms with Crippen LogP contribution >= 0.6 is 11.8 Å². The summed E-state index contributed by atoms with van der Waals surface area (Å²) >= 11 is 1.46. The van der Waals surface area contributed by atoms with Gasteiger partial charge < -0.3 is 10.5 Å². The van der Waals surface area contributed by atoms with Crippen LogP contribution < -0.4 is 10.5 Å². The highest BCUT2D eigenvalue weighted by atomic mass is 32.2. The van der Waals surface area contributed by atoms with Crippen LogP contribution in [0.1, 0.15) is 19.3 Å². The van der Waals surface area contributed by atoms with Crippen LogP contribution in [0.4, 0.5) is 5.69 Å². The average Bonchev–Trinajstić information content (AvgIpc) is 2.87. The molecule has 0 aromatic heterocycles. The Hall–Kier alpha value is -0.760. The van der Waals surface area contributed by atoms with Crippen molar-refractivity contribution in [1.82, 2.24) is 4.72 Å². The van der Waals surface area contributed by atoms with Crippen LogP contribution in [0.25, 0.3) is 0 Å². The van der Waals surface area contributed by atoms with E-state index >= 15 is 0 Å². The molecule has 1 aromatic carbocycles. The molecule has 1 aliphatic rings. The first kappa shape index (κ1) is 16.6. The molecule has 0 aliphatic heterocycles. The van der Waals surface area contributed by atoms with Gasteiger partial charge in [-0.25, -0.2) is 13.1 Å². The second kappa shape index (κ2) is 7.49. The minimum atomic E-state index is -3.28. The molecule has 1 aromatic rings. The van der Waals surface area contributed by atoms with Gasteiger partial charge in [-0.05, 0) is 31.4 Å². The Labute approximate surface area is 130 Å². The standard InChI is InChI=1S/C14H22N2O3S2/c1-19-13-7-4-6-12(13)16-21(17,18)10-9-20-14-8-3-2-5-11(14)15/h2-3,5,8,12-13,16H,4,6-7,9-10,15H2,1H3. The van der Waals surface area contributed by atoms with E-state index in [9.17, 15) is 8.42 Å². The molecule has 1 fully saturated rings. The van der Waals surface area contributed by atoms with Gasteiger partial charge in [0.05, 0.1) is 11.9 Å². The summed E-state index contributed by atoms with van der Waals surface area (Å²) in [5, 5.41) is 0. The number of nitrogen functional groups attached to an aromatic ring is 1. The summed E-state index contributed by atoms with van der Waals surface area (Å²) in [7, 11) is -1.65. The molecule has 0 saturated heterocycles. The number of sulfonamides is 1. The summed E-state index contributed by atoms with van der Waals surface area (Å²) in [6.45, 7) is 0. The van der Waals surface area contributed by atoms with E-state index in [1.165, 1.54) is 11.8 Å². The lowest BCUT2D eigenvalue weighted by atomic mass is 10.2. The van der Waals surface area contributed by atoms with Gasteiger partial charge >= 0.3 is 0 Å². The summed E-state index contributed by atoms with van der Waals surface area (Å²) in [6.07, 6.45) is 2.76. The zero-order chi connectivity index (χ0) is 15.3. The van der Waals surface area contributed by atoms with Gasteiger partial charge in [0, 0.05) is 29.5 Å². The van der Waals surface area contributed by atoms with E-state index < -0.39 is 10.0 Å². The monoisotopic (exact) mass is 330 g/mol. The molecule has 0 bridgehead atoms. The summed E-state index contributed by atoms with van der Waals surface area (Å²) in [5.74, 6) is 0.562. The van der Waals surface area contributed by atoms with Crippen LogP contribution in [0.3, 0.4) is 0 Å². The Morgan fingerprint density at radius 1 is 1.38 bits per heavy atom. The fourth-order valence-electron chi connectivity index (χ4n) is 2.51. The quantitative estimate of drug-likeness (QED) is 0.589. The summed E-state index contributed by atoms with van der Waals surface area (Å²) in [6, 6.07) is 7.39. The Balaban J connectivity index is 1.83. The lowest BCUT2D eigenvalue weighted by molar-refractivity contribution is 0.0916. The summed E-state index contributed by atoms with van der Waals surface area (Å²) < 4.78 is 32.3. The van der Waals surface area contributed by atoms with E-state index in [1.807, 2.05) is 24.3 Å². The zero-order valence-corrected chi connectivity index (χ0v) is 13.8. The van der Waals surface area contributed by atoms with Crippen LogP contribution in [0.5, 0.6) is 0 Å². The van der Waals surface area contributed by atoms with Crippen molar-refractivity contribution in [3.63, 3.8) is 0 Å². The number of hydrogen-bond donors (Lipinski definition) is 2. The first-order valence-electron chi connectivity index (χ1n) is 7.02. The molecule has 2 atom stereocenters. The first-order chi connectivity index (χ1) is 10.0. The number of hydrogen-bond acceptors (Lipinski definition) is 5. The van der Waals surface area contributed by atoms with Crippen molar-refractivity contribution in [3.05, 3.63) is 24.3 Å². The average molecular weight is 330 g/mol. The van der Waals surface area contributed by atoms with E-state index in [4.69, 9.17) is 10.5 Å². The SMILES string of the molecule is COC1CCCC1NS(=O)(=O)CCSc1ccccc1N. The molecule has 3 N–H and O–H groups in total. The number of para-hydroxylation sites is 1. The van der Waals surface area contributed by atoms with Crippen LogP contribution in [-0.2, 0) is 14.8 Å². The number of rotatable bonds is 7. The predicted octanol–water partition coefficient (Wildman–Crippen LogP) is 1.85. The number of thioether (sulfide) groups is 1. The molecule has 0 amide bonds. The minimum Gasteiger partial charge on any atom is -0.398 e. The molecule has 0 spiro atoms. The number of anilines is 1. The van der Waals surface area contributed by atoms with Gasteiger partial charge in [-0.15, -0.1) is 11.8 Å². The fourth-order valence-corrected chi connectivity index (χ4v) is 5.19. The highest BCUT2D eigenvalue weighted by Crippen LogP contribution is 2.25. The van der Waals surface area contributed by atoms with Crippen molar-refractivity contribution in [2.75, 3.05) is 24.3 Å². The van der Waals surface area contributed by atoms with E-state index in [0.717, 1.165) is 24.2 Å². The number of benzene rings is 1. The number of ether oxygens (including phenoxy) is 1. The minimum absolute atomic E-state index is 0.00260. The normalized spacial score (nSPS) is 22.5. The van der Waals surface area contributed by atoms with Gasteiger partial charge in [-0.1, -0.05) is 12.1 Å². The second-order valence-corrected chi connectivity index (χ2v) is 8.14. The Morgan fingerprint density at radius 2 is 2.14 bits per heavy atom. The molecular formula is C14H22N2O3S2. The highest BCUT2D eigenvalue weighted by Gasteiger charge is 2.30. The van der Waals surface area contributed by atoms with Gasteiger partial charge in [-0.2, -0.15) is 0 Å². The van der Waals surface area contributed by atoms with E-state index in [1.54, 1.807) is 7.11 Å². The Bertz CT molecular complexity index is 563. The van der Waals surface area contributed by atoms with Gasteiger partial charge in [0.2, 0.25) is 10.0 Å². The number of nitrogens with two attached hydrogens (primary N) is 1. The molecule has 5 nitrogen and oxygen atoms in total. The van der Waals surface area contributed by atoms with E-state index in [0.29, 0.717) is 11.4 Å². The first-order valence-corrected chi connectivity index (χ1v) is 9.66. The molecule has 0 radical (unpaired) electrons. The Morgan fingerprint density at radius 3 is 2.86 bits per heavy atom. The third kappa shape index (κ3) is 4.88. The van der Waals surface area contributed by atoms with Gasteiger partial charge in [0.25, 0.3) is 0 Å². The molecule has 2 unspecified atom stereocenters. The second-order valence-electron chi connectivity index (χ2n) is 5.13. The van der Waals surface area contributed by atoms with Crippen molar-refractivity contribution >= 4 is 27.5 Å². The Kier molecular flexibility index (Phi) is 5.92. The van der Waals surface area contributed by atoms with Crippen LogP contribution in [0, 0.1) is 0 Å². The van der Waals surface area contributed by atoms with Crippen LogP contribution in [-0.4, -0.2) is 39.2 Å².